The van der Waals surface area contributed by atoms with Crippen molar-refractivity contribution in [2.75, 3.05) is 0 Å². The van der Waals surface area contributed by atoms with E-state index in [1.165, 1.54) is 0 Å². The lowest BCUT2D eigenvalue weighted by Gasteiger charge is -2.36. The second-order valence-electron chi connectivity index (χ2n) is 6.71. The average Bonchev–Trinajstić information content (AvgIpc) is 2.69. The van der Waals surface area contributed by atoms with Gasteiger partial charge in [-0.2, -0.15) is 0 Å². The van der Waals surface area contributed by atoms with Crippen molar-refractivity contribution < 1.29 is 14.5 Å². The zero-order valence-corrected chi connectivity index (χ0v) is 13.7. The minimum atomic E-state index is -1.86. The Balaban J connectivity index is 2.33. The van der Waals surface area contributed by atoms with Crippen LogP contribution in [0.3, 0.4) is 0 Å². The minimum absolute atomic E-state index is 0.143. The molecule has 0 bridgehead atoms. The predicted molar refractivity (Wildman–Crippen MR) is 85.9 cm³/mol. The molecule has 1 aromatic carbocycles. The molecule has 0 radical (unpaired) electrons. The van der Waals surface area contributed by atoms with E-state index < -0.39 is 15.4 Å². The van der Waals surface area contributed by atoms with Crippen molar-refractivity contribution in [2.24, 2.45) is 0 Å². The molecule has 0 saturated carbocycles. The first kappa shape index (κ1) is 15.2. The summed E-state index contributed by atoms with van der Waals surface area (Å²) in [5, 5.41) is 19.5. The predicted octanol–water partition coefficient (Wildman–Crippen LogP) is 2.23. The highest BCUT2D eigenvalue weighted by Gasteiger charge is 2.39. The Morgan fingerprint density at radius 1 is 1.15 bits per heavy atom. The highest BCUT2D eigenvalue weighted by molar-refractivity contribution is 6.74. The van der Waals surface area contributed by atoms with Gasteiger partial charge in [-0.3, -0.25) is 0 Å². The standard InChI is InChI=1S/C14H22BNO3Si/c1-14(2,3)20(4,5)19-11-7-6-10-8-13(15(17)18)16-12(10)9-11/h6-9,16-18H,1-5H3. The molecule has 0 aliphatic carbocycles. The zero-order valence-electron chi connectivity index (χ0n) is 12.7. The molecular formula is C14H22BNO3Si. The van der Waals surface area contributed by atoms with Crippen molar-refractivity contribution in [3.63, 3.8) is 0 Å². The van der Waals surface area contributed by atoms with Crippen LogP contribution in [-0.2, 0) is 0 Å². The van der Waals surface area contributed by atoms with Gasteiger partial charge >= 0.3 is 7.12 Å². The Hall–Kier alpha value is -1.24. The van der Waals surface area contributed by atoms with Gasteiger partial charge in [0.05, 0.1) is 0 Å². The summed E-state index contributed by atoms with van der Waals surface area (Å²) in [5.41, 5.74) is 1.24. The fraction of sp³-hybridized carbons (Fsp3) is 0.429. The first-order chi connectivity index (χ1) is 9.10. The smallest absolute Gasteiger partial charge is 0.505 e. The summed E-state index contributed by atoms with van der Waals surface area (Å²) >= 11 is 0. The number of hydrogen-bond acceptors (Lipinski definition) is 3. The Morgan fingerprint density at radius 3 is 2.35 bits per heavy atom. The summed E-state index contributed by atoms with van der Waals surface area (Å²) in [6.07, 6.45) is 0. The number of aromatic nitrogens is 1. The molecule has 0 aliphatic rings. The number of fused-ring (bicyclic) bond motifs is 1. The van der Waals surface area contributed by atoms with E-state index in [2.05, 4.69) is 38.8 Å². The van der Waals surface area contributed by atoms with Crippen LogP contribution in [0.2, 0.25) is 18.1 Å². The molecule has 20 heavy (non-hydrogen) atoms. The second-order valence-corrected chi connectivity index (χ2v) is 11.4. The number of benzene rings is 1. The van der Waals surface area contributed by atoms with Crippen LogP contribution in [-0.4, -0.2) is 30.5 Å². The number of nitrogens with one attached hydrogen (secondary N) is 1. The molecule has 0 atom stereocenters. The summed E-state index contributed by atoms with van der Waals surface area (Å²) in [5.74, 6) is 0.824. The van der Waals surface area contributed by atoms with E-state index in [0.717, 1.165) is 16.7 Å². The van der Waals surface area contributed by atoms with Crippen LogP contribution in [0.5, 0.6) is 5.75 Å². The fourth-order valence-electron chi connectivity index (χ4n) is 1.78. The van der Waals surface area contributed by atoms with Gasteiger partial charge in [-0.15, -0.1) is 0 Å². The molecule has 0 spiro atoms. The summed E-state index contributed by atoms with van der Waals surface area (Å²) < 4.78 is 6.24. The monoisotopic (exact) mass is 291 g/mol. The second kappa shape index (κ2) is 4.95. The molecule has 1 aromatic heterocycles. The van der Waals surface area contributed by atoms with E-state index in [0.29, 0.717) is 5.59 Å². The Kier molecular flexibility index (Phi) is 3.75. The molecule has 0 unspecified atom stereocenters. The van der Waals surface area contributed by atoms with E-state index in [1.807, 2.05) is 18.2 Å². The van der Waals surface area contributed by atoms with Crippen LogP contribution < -0.4 is 10.0 Å². The third-order valence-electron chi connectivity index (χ3n) is 4.07. The van der Waals surface area contributed by atoms with Crippen LogP contribution in [0.25, 0.3) is 10.9 Å². The van der Waals surface area contributed by atoms with Gasteiger partial charge in [0.15, 0.2) is 0 Å². The first-order valence-electron chi connectivity index (χ1n) is 6.78. The van der Waals surface area contributed by atoms with Crippen LogP contribution in [0.1, 0.15) is 20.8 Å². The molecular weight excluding hydrogens is 269 g/mol. The maximum Gasteiger partial charge on any atom is 0.505 e. The van der Waals surface area contributed by atoms with Crippen molar-refractivity contribution >= 4 is 31.9 Å². The molecule has 0 aliphatic heterocycles. The van der Waals surface area contributed by atoms with Gasteiger partial charge in [0.1, 0.15) is 5.75 Å². The highest BCUT2D eigenvalue weighted by atomic mass is 28.4. The quantitative estimate of drug-likeness (QED) is 0.760. The number of H-pyrrole nitrogens is 1. The van der Waals surface area contributed by atoms with Gasteiger partial charge in [-0.1, -0.05) is 20.8 Å². The summed E-state index contributed by atoms with van der Waals surface area (Å²) in [7, 11) is -3.34. The van der Waals surface area contributed by atoms with E-state index in [9.17, 15) is 10.0 Å². The molecule has 0 fully saturated rings. The maximum absolute atomic E-state index is 9.19. The molecule has 4 nitrogen and oxygen atoms in total. The number of hydrogen-bond donors (Lipinski definition) is 3. The number of aromatic amines is 1. The summed E-state index contributed by atoms with van der Waals surface area (Å²) in [4.78, 5) is 3.00. The minimum Gasteiger partial charge on any atom is -0.543 e. The van der Waals surface area contributed by atoms with Crippen molar-refractivity contribution in [3.8, 4) is 5.75 Å². The van der Waals surface area contributed by atoms with Crippen molar-refractivity contribution in [3.05, 3.63) is 24.3 Å². The normalized spacial score (nSPS) is 12.8. The molecule has 6 heteroatoms. The van der Waals surface area contributed by atoms with Crippen molar-refractivity contribution in [2.45, 2.75) is 38.9 Å². The van der Waals surface area contributed by atoms with Gasteiger partial charge in [-0.25, -0.2) is 0 Å². The molecule has 2 rings (SSSR count). The molecule has 3 N–H and O–H groups in total. The Morgan fingerprint density at radius 2 is 1.80 bits per heavy atom. The maximum atomic E-state index is 9.19. The van der Waals surface area contributed by atoms with E-state index in [-0.39, 0.29) is 5.04 Å². The third kappa shape index (κ3) is 2.92. The van der Waals surface area contributed by atoms with Gasteiger partial charge in [0.25, 0.3) is 0 Å². The summed E-state index contributed by atoms with van der Waals surface area (Å²) in [6.45, 7) is 11.0. The van der Waals surface area contributed by atoms with Crippen LogP contribution in [0.15, 0.2) is 24.3 Å². The van der Waals surface area contributed by atoms with Crippen molar-refractivity contribution in [1.29, 1.82) is 0 Å². The first-order valence-corrected chi connectivity index (χ1v) is 9.69. The summed E-state index contributed by atoms with van der Waals surface area (Å²) in [6, 6.07) is 7.52. The zero-order chi connectivity index (χ0) is 15.1. The third-order valence-corrected chi connectivity index (χ3v) is 8.43. The molecule has 108 valence electrons. The molecule has 2 aromatic rings. The van der Waals surface area contributed by atoms with Gasteiger partial charge in [0.2, 0.25) is 8.32 Å². The van der Waals surface area contributed by atoms with Crippen LogP contribution >= 0.6 is 0 Å². The SMILES string of the molecule is CC(C)(C)[Si](C)(C)Oc1ccc2cc(B(O)O)[nH]c2c1. The van der Waals surface area contributed by atoms with E-state index >= 15 is 0 Å². The lowest BCUT2D eigenvalue weighted by molar-refractivity contribution is 0.424. The Labute approximate surface area is 121 Å². The highest BCUT2D eigenvalue weighted by Crippen LogP contribution is 2.37. The Bertz CT molecular complexity index is 616. The largest absolute Gasteiger partial charge is 0.543 e. The van der Waals surface area contributed by atoms with Crippen LogP contribution in [0, 0.1) is 0 Å². The van der Waals surface area contributed by atoms with Gasteiger partial charge in [-0.05, 0) is 41.7 Å². The lowest BCUT2D eigenvalue weighted by Crippen LogP contribution is -2.43. The van der Waals surface area contributed by atoms with Crippen LogP contribution in [0.4, 0.5) is 0 Å². The van der Waals surface area contributed by atoms with Crippen molar-refractivity contribution in [1.82, 2.24) is 4.98 Å². The van der Waals surface area contributed by atoms with E-state index in [1.54, 1.807) is 6.07 Å². The average molecular weight is 291 g/mol. The topological polar surface area (TPSA) is 65.5 Å². The van der Waals surface area contributed by atoms with Gasteiger partial charge < -0.3 is 19.5 Å². The molecule has 0 amide bonds. The molecule has 1 heterocycles. The fourth-order valence-corrected chi connectivity index (χ4v) is 2.80. The number of rotatable bonds is 3. The molecule has 0 saturated heterocycles. The van der Waals surface area contributed by atoms with Gasteiger partial charge in [0, 0.05) is 17.2 Å². The van der Waals surface area contributed by atoms with E-state index in [4.69, 9.17) is 4.43 Å². The lowest BCUT2D eigenvalue weighted by atomic mass is 9.87.